The number of unbranched alkanes of at least 4 members (excludes halogenated alkanes) is 1. The van der Waals surface area contributed by atoms with Crippen LogP contribution < -0.4 is 4.74 Å². The Balaban J connectivity index is 2.23. The number of hydrogen-bond acceptors (Lipinski definition) is 5. The third-order valence-corrected chi connectivity index (χ3v) is 4.90. The lowest BCUT2D eigenvalue weighted by Crippen LogP contribution is -2.30. The molecule has 1 atom stereocenters. The van der Waals surface area contributed by atoms with Crippen LogP contribution in [0.3, 0.4) is 0 Å². The van der Waals surface area contributed by atoms with Crippen molar-refractivity contribution in [3.63, 3.8) is 0 Å². The van der Waals surface area contributed by atoms with Crippen LogP contribution in [0.15, 0.2) is 48.0 Å². The van der Waals surface area contributed by atoms with Gasteiger partial charge in [0.05, 0.1) is 24.3 Å². The number of amides is 1. The van der Waals surface area contributed by atoms with Gasteiger partial charge in [-0.3, -0.25) is 9.59 Å². The van der Waals surface area contributed by atoms with Gasteiger partial charge >= 0.3 is 0 Å². The molecule has 1 heterocycles. The van der Waals surface area contributed by atoms with E-state index in [2.05, 4.69) is 0 Å². The highest BCUT2D eigenvalue weighted by Crippen LogP contribution is 2.41. The summed E-state index contributed by atoms with van der Waals surface area (Å²) in [4.78, 5) is 26.9. The van der Waals surface area contributed by atoms with Crippen LogP contribution >= 0.6 is 0 Å². The predicted octanol–water partition coefficient (Wildman–Crippen LogP) is 3.76. The summed E-state index contributed by atoms with van der Waals surface area (Å²) in [6.45, 7) is 2.26. The van der Waals surface area contributed by atoms with Crippen molar-refractivity contribution >= 4 is 17.4 Å². The Morgan fingerprint density at radius 3 is 2.62 bits per heavy atom. The van der Waals surface area contributed by atoms with Gasteiger partial charge in [0.1, 0.15) is 23.1 Å². The van der Waals surface area contributed by atoms with Gasteiger partial charge in [0, 0.05) is 6.54 Å². The van der Waals surface area contributed by atoms with Crippen molar-refractivity contribution in [3.05, 3.63) is 65.0 Å². The Morgan fingerprint density at radius 1 is 1.21 bits per heavy atom. The molecule has 1 aliphatic heterocycles. The number of hydrogen-bond donors (Lipinski definition) is 2. The van der Waals surface area contributed by atoms with Crippen molar-refractivity contribution in [1.82, 2.24) is 4.90 Å². The molecule has 0 saturated carbocycles. The Kier molecular flexibility index (Phi) is 5.87. The fourth-order valence-corrected chi connectivity index (χ4v) is 3.49. The first kappa shape index (κ1) is 20.4. The van der Waals surface area contributed by atoms with Crippen LogP contribution in [0.5, 0.6) is 11.5 Å². The van der Waals surface area contributed by atoms with Crippen LogP contribution in [-0.2, 0) is 9.59 Å². The minimum Gasteiger partial charge on any atom is -0.508 e. The molecular weight excluding hydrogens is 377 g/mol. The van der Waals surface area contributed by atoms with Gasteiger partial charge in [0.25, 0.3) is 11.7 Å². The number of nitrogens with zero attached hydrogens (tertiary/aromatic N) is 1. The summed E-state index contributed by atoms with van der Waals surface area (Å²) >= 11 is 0. The van der Waals surface area contributed by atoms with Crippen molar-refractivity contribution in [3.8, 4) is 11.5 Å². The highest BCUT2D eigenvalue weighted by Gasteiger charge is 2.46. The molecule has 152 valence electrons. The number of phenolic OH excluding ortho intramolecular Hbond substituents is 1. The fourth-order valence-electron chi connectivity index (χ4n) is 3.49. The summed E-state index contributed by atoms with van der Waals surface area (Å²) in [6, 6.07) is 8.80. The number of methoxy groups -OCH3 is 1. The molecule has 29 heavy (non-hydrogen) atoms. The molecule has 1 fully saturated rings. The molecule has 2 aromatic carbocycles. The van der Waals surface area contributed by atoms with Gasteiger partial charge in [-0.05, 0) is 42.3 Å². The second-order valence-electron chi connectivity index (χ2n) is 6.79. The third-order valence-electron chi connectivity index (χ3n) is 4.90. The second-order valence-corrected chi connectivity index (χ2v) is 6.79. The number of rotatable bonds is 6. The molecule has 0 radical (unpaired) electrons. The standard InChI is InChI=1S/C22H22FNO5/c1-3-4-10-24-19(13-6-5-7-15(25)11-13)18(21(27)22(24)28)20(26)16-12-14(23)8-9-17(16)29-2/h5-9,11-12,19,25-26H,3-4,10H2,1-2H3/b20-18+. The van der Waals surface area contributed by atoms with Gasteiger partial charge in [-0.1, -0.05) is 25.5 Å². The Bertz CT molecular complexity index is 985. The summed E-state index contributed by atoms with van der Waals surface area (Å²) < 4.78 is 19.0. The van der Waals surface area contributed by atoms with Crippen molar-refractivity contribution in [2.75, 3.05) is 13.7 Å². The van der Waals surface area contributed by atoms with E-state index in [4.69, 9.17) is 4.74 Å². The zero-order chi connectivity index (χ0) is 21.1. The third kappa shape index (κ3) is 3.81. The maximum absolute atomic E-state index is 13.8. The van der Waals surface area contributed by atoms with Gasteiger partial charge in [0.2, 0.25) is 0 Å². The summed E-state index contributed by atoms with van der Waals surface area (Å²) in [6.07, 6.45) is 1.46. The number of carbonyl (C=O) groups is 2. The lowest BCUT2D eigenvalue weighted by molar-refractivity contribution is -0.139. The number of phenols is 1. The maximum Gasteiger partial charge on any atom is 0.295 e. The number of Topliss-reactive ketones (excluding diaryl/α,β-unsaturated/α-hetero) is 1. The van der Waals surface area contributed by atoms with E-state index < -0.39 is 29.3 Å². The lowest BCUT2D eigenvalue weighted by Gasteiger charge is -2.25. The first-order chi connectivity index (χ1) is 13.9. The largest absolute Gasteiger partial charge is 0.508 e. The van der Waals surface area contributed by atoms with E-state index in [1.54, 1.807) is 12.1 Å². The SMILES string of the molecule is CCCCN1C(=O)C(=O)/C(=C(/O)c2cc(F)ccc2OC)C1c1cccc(O)c1. The molecule has 3 rings (SSSR count). The molecule has 2 N–H and O–H groups in total. The number of aromatic hydroxyl groups is 1. The van der Waals surface area contributed by atoms with E-state index in [1.807, 2.05) is 6.92 Å². The van der Waals surface area contributed by atoms with Crippen LogP contribution in [0.1, 0.15) is 36.9 Å². The number of ketones is 1. The van der Waals surface area contributed by atoms with Gasteiger partial charge in [-0.25, -0.2) is 4.39 Å². The van der Waals surface area contributed by atoms with Crippen molar-refractivity contribution in [2.24, 2.45) is 0 Å². The Hall–Kier alpha value is -3.35. The molecule has 0 aliphatic carbocycles. The number of carbonyl (C=O) groups excluding carboxylic acids is 2. The number of aliphatic hydroxyl groups excluding tert-OH is 1. The molecule has 1 amide bonds. The summed E-state index contributed by atoms with van der Waals surface area (Å²) in [5.41, 5.74) is 0.281. The maximum atomic E-state index is 13.8. The van der Waals surface area contributed by atoms with E-state index in [9.17, 15) is 24.2 Å². The summed E-state index contributed by atoms with van der Waals surface area (Å²) in [5, 5.41) is 20.9. The van der Waals surface area contributed by atoms with Crippen LogP contribution in [0.4, 0.5) is 4.39 Å². The Labute approximate surface area is 167 Å². The van der Waals surface area contributed by atoms with E-state index in [0.29, 0.717) is 18.5 Å². The average Bonchev–Trinajstić information content (AvgIpc) is 2.96. The normalized spacial score (nSPS) is 18.3. The molecule has 2 aromatic rings. The molecule has 1 unspecified atom stereocenters. The quantitative estimate of drug-likeness (QED) is 0.439. The molecular formula is C22H22FNO5. The fraction of sp³-hybridized carbons (Fsp3) is 0.273. The molecule has 7 heteroatoms. The molecule has 0 bridgehead atoms. The number of ether oxygens (including phenoxy) is 1. The smallest absolute Gasteiger partial charge is 0.295 e. The monoisotopic (exact) mass is 399 g/mol. The number of likely N-dealkylation sites (tertiary alicyclic amines) is 1. The number of aliphatic hydroxyl groups is 1. The number of halogens is 1. The number of benzene rings is 2. The van der Waals surface area contributed by atoms with Crippen LogP contribution in [0.25, 0.3) is 5.76 Å². The summed E-state index contributed by atoms with van der Waals surface area (Å²) in [7, 11) is 1.36. The molecule has 0 aromatic heterocycles. The lowest BCUT2D eigenvalue weighted by atomic mass is 9.94. The van der Waals surface area contributed by atoms with E-state index in [-0.39, 0.29) is 22.6 Å². The minimum atomic E-state index is -0.901. The highest BCUT2D eigenvalue weighted by molar-refractivity contribution is 6.46. The highest BCUT2D eigenvalue weighted by atomic mass is 19.1. The zero-order valence-electron chi connectivity index (χ0n) is 16.2. The van der Waals surface area contributed by atoms with Crippen molar-refractivity contribution in [1.29, 1.82) is 0 Å². The Morgan fingerprint density at radius 2 is 1.97 bits per heavy atom. The minimum absolute atomic E-state index is 0.0221. The van der Waals surface area contributed by atoms with E-state index in [1.165, 1.54) is 36.3 Å². The molecule has 1 aliphatic rings. The van der Waals surface area contributed by atoms with Crippen LogP contribution in [-0.4, -0.2) is 40.5 Å². The van der Waals surface area contributed by atoms with Crippen LogP contribution in [0, 0.1) is 5.82 Å². The van der Waals surface area contributed by atoms with Gasteiger partial charge in [-0.15, -0.1) is 0 Å². The van der Waals surface area contributed by atoms with Gasteiger partial charge in [-0.2, -0.15) is 0 Å². The van der Waals surface area contributed by atoms with Gasteiger partial charge < -0.3 is 19.8 Å². The zero-order valence-corrected chi connectivity index (χ0v) is 16.2. The van der Waals surface area contributed by atoms with E-state index >= 15 is 0 Å². The predicted molar refractivity (Wildman–Crippen MR) is 105 cm³/mol. The topological polar surface area (TPSA) is 87.1 Å². The van der Waals surface area contributed by atoms with E-state index in [0.717, 1.165) is 12.5 Å². The van der Waals surface area contributed by atoms with Crippen molar-refractivity contribution < 1.29 is 28.9 Å². The first-order valence-corrected chi connectivity index (χ1v) is 9.30. The summed E-state index contributed by atoms with van der Waals surface area (Å²) in [5.74, 6) is -2.62. The molecule has 0 spiro atoms. The van der Waals surface area contributed by atoms with Crippen molar-refractivity contribution in [2.45, 2.75) is 25.8 Å². The average molecular weight is 399 g/mol. The second kappa shape index (κ2) is 8.34. The van der Waals surface area contributed by atoms with Gasteiger partial charge in [0.15, 0.2) is 0 Å². The van der Waals surface area contributed by atoms with Crippen LogP contribution in [0.2, 0.25) is 0 Å². The first-order valence-electron chi connectivity index (χ1n) is 9.30. The molecule has 1 saturated heterocycles. The molecule has 6 nitrogen and oxygen atoms in total.